The van der Waals surface area contributed by atoms with Crippen LogP contribution < -0.4 is 10.0 Å². The molecule has 2 aromatic carbocycles. The van der Waals surface area contributed by atoms with Crippen LogP contribution >= 0.6 is 0 Å². The third kappa shape index (κ3) is 3.21. The number of nitriles is 1. The molecule has 1 aliphatic rings. The van der Waals surface area contributed by atoms with Crippen LogP contribution in [0.25, 0.3) is 0 Å². The van der Waals surface area contributed by atoms with Crippen LogP contribution in [0.1, 0.15) is 23.5 Å². The van der Waals surface area contributed by atoms with E-state index in [0.29, 0.717) is 11.5 Å². The molecule has 1 atom stereocenters. The Bertz CT molecular complexity index is 857. The summed E-state index contributed by atoms with van der Waals surface area (Å²) >= 11 is 0. The van der Waals surface area contributed by atoms with Gasteiger partial charge in [-0.05, 0) is 30.2 Å². The second-order valence-electron chi connectivity index (χ2n) is 5.68. The standard InChI is InChI=1S/C17H17N3O2S/c18-11-15-10-16(23(19,21)22)6-7-17(15)20-9-8-14(12-20)13-4-2-1-3-5-13/h1-7,10,14H,8-9,12H2,(H2,19,21,22). The Hall–Kier alpha value is -2.36. The van der Waals surface area contributed by atoms with Crippen LogP contribution in [0.4, 0.5) is 5.69 Å². The third-order valence-corrected chi connectivity index (χ3v) is 5.13. The molecule has 5 nitrogen and oxygen atoms in total. The quantitative estimate of drug-likeness (QED) is 0.936. The predicted molar refractivity (Wildman–Crippen MR) is 88.5 cm³/mol. The van der Waals surface area contributed by atoms with Gasteiger partial charge in [0.15, 0.2) is 0 Å². The van der Waals surface area contributed by atoms with E-state index in [1.54, 1.807) is 6.07 Å². The normalized spacial score (nSPS) is 17.9. The molecule has 0 aromatic heterocycles. The van der Waals surface area contributed by atoms with Gasteiger partial charge in [0.05, 0.1) is 16.1 Å². The maximum absolute atomic E-state index is 11.4. The van der Waals surface area contributed by atoms with Crippen LogP contribution in [0.15, 0.2) is 53.4 Å². The SMILES string of the molecule is N#Cc1cc(S(N)(=O)=O)ccc1N1CCC(c2ccccc2)C1. The number of hydrogen-bond donors (Lipinski definition) is 1. The molecule has 3 rings (SSSR count). The number of nitrogens with zero attached hydrogens (tertiary/aromatic N) is 2. The monoisotopic (exact) mass is 327 g/mol. The molecule has 23 heavy (non-hydrogen) atoms. The number of sulfonamides is 1. The van der Waals surface area contributed by atoms with Crippen molar-refractivity contribution < 1.29 is 8.42 Å². The van der Waals surface area contributed by atoms with Crippen LogP contribution in [0, 0.1) is 11.3 Å². The molecule has 6 heteroatoms. The average Bonchev–Trinajstić information content (AvgIpc) is 3.04. The van der Waals surface area contributed by atoms with Crippen molar-refractivity contribution >= 4 is 15.7 Å². The van der Waals surface area contributed by atoms with E-state index in [1.807, 2.05) is 18.2 Å². The minimum Gasteiger partial charge on any atom is -0.370 e. The minimum absolute atomic E-state index is 0.0309. The molecule has 1 unspecified atom stereocenters. The van der Waals surface area contributed by atoms with E-state index in [0.717, 1.165) is 25.2 Å². The molecule has 0 bridgehead atoms. The summed E-state index contributed by atoms with van der Waals surface area (Å²) in [6, 6.07) is 16.8. The molecular formula is C17H17N3O2S. The Morgan fingerprint density at radius 1 is 1.17 bits per heavy atom. The van der Waals surface area contributed by atoms with E-state index < -0.39 is 10.0 Å². The largest absolute Gasteiger partial charge is 0.370 e. The molecule has 1 fully saturated rings. The van der Waals surface area contributed by atoms with Gasteiger partial charge in [-0.1, -0.05) is 30.3 Å². The Kier molecular flexibility index (Phi) is 4.07. The zero-order chi connectivity index (χ0) is 16.4. The van der Waals surface area contributed by atoms with Crippen molar-refractivity contribution in [2.75, 3.05) is 18.0 Å². The third-order valence-electron chi connectivity index (χ3n) is 4.22. The van der Waals surface area contributed by atoms with Gasteiger partial charge in [0, 0.05) is 19.0 Å². The van der Waals surface area contributed by atoms with Gasteiger partial charge in [0.1, 0.15) is 6.07 Å². The number of nitrogens with two attached hydrogens (primary N) is 1. The summed E-state index contributed by atoms with van der Waals surface area (Å²) in [7, 11) is -3.80. The molecule has 0 aliphatic carbocycles. The predicted octanol–water partition coefficient (Wildman–Crippen LogP) is 2.20. The highest BCUT2D eigenvalue weighted by Gasteiger charge is 2.26. The molecule has 0 radical (unpaired) electrons. The summed E-state index contributed by atoms with van der Waals surface area (Å²) < 4.78 is 22.9. The van der Waals surface area contributed by atoms with Crippen LogP contribution in [-0.4, -0.2) is 21.5 Å². The maximum Gasteiger partial charge on any atom is 0.238 e. The van der Waals surface area contributed by atoms with E-state index >= 15 is 0 Å². The van der Waals surface area contributed by atoms with E-state index in [2.05, 4.69) is 23.1 Å². The van der Waals surface area contributed by atoms with E-state index in [9.17, 15) is 13.7 Å². The summed E-state index contributed by atoms with van der Waals surface area (Å²) in [6.07, 6.45) is 1.01. The maximum atomic E-state index is 11.4. The van der Waals surface area contributed by atoms with Gasteiger partial charge in [-0.15, -0.1) is 0 Å². The Balaban J connectivity index is 1.87. The zero-order valence-corrected chi connectivity index (χ0v) is 13.3. The molecule has 1 heterocycles. The second kappa shape index (κ2) is 6.03. The van der Waals surface area contributed by atoms with E-state index in [-0.39, 0.29) is 4.90 Å². The van der Waals surface area contributed by atoms with Crippen molar-refractivity contribution in [3.63, 3.8) is 0 Å². The number of anilines is 1. The average molecular weight is 327 g/mol. The smallest absolute Gasteiger partial charge is 0.238 e. The molecule has 118 valence electrons. The van der Waals surface area contributed by atoms with Crippen LogP contribution in [0.3, 0.4) is 0 Å². The Morgan fingerprint density at radius 2 is 1.91 bits per heavy atom. The summed E-state index contributed by atoms with van der Waals surface area (Å²) in [5.74, 6) is 0.417. The minimum atomic E-state index is -3.80. The van der Waals surface area contributed by atoms with Gasteiger partial charge in [0.2, 0.25) is 10.0 Å². The highest BCUT2D eigenvalue weighted by atomic mass is 32.2. The first-order chi connectivity index (χ1) is 11.0. The highest BCUT2D eigenvalue weighted by molar-refractivity contribution is 7.89. The number of hydrogen-bond acceptors (Lipinski definition) is 4. The summed E-state index contributed by atoms with van der Waals surface area (Å²) in [5, 5.41) is 14.5. The Labute approximate surface area is 136 Å². The lowest BCUT2D eigenvalue weighted by molar-refractivity contribution is 0.598. The van der Waals surface area contributed by atoms with E-state index in [4.69, 9.17) is 5.14 Å². The van der Waals surface area contributed by atoms with Crippen molar-refractivity contribution in [2.24, 2.45) is 5.14 Å². The summed E-state index contributed by atoms with van der Waals surface area (Å²) in [6.45, 7) is 1.65. The number of primary sulfonamides is 1. The zero-order valence-electron chi connectivity index (χ0n) is 12.5. The van der Waals surface area contributed by atoms with Crippen LogP contribution in [0.2, 0.25) is 0 Å². The molecule has 0 saturated carbocycles. The van der Waals surface area contributed by atoms with Crippen molar-refractivity contribution in [1.82, 2.24) is 0 Å². The lowest BCUT2D eigenvalue weighted by Crippen LogP contribution is -2.21. The molecule has 1 saturated heterocycles. The fourth-order valence-corrected chi connectivity index (χ4v) is 3.57. The summed E-state index contributed by atoms with van der Waals surface area (Å²) in [4.78, 5) is 2.10. The van der Waals surface area contributed by atoms with Gasteiger partial charge < -0.3 is 4.90 Å². The first-order valence-corrected chi connectivity index (χ1v) is 8.90. The van der Waals surface area contributed by atoms with Gasteiger partial charge in [-0.3, -0.25) is 0 Å². The van der Waals surface area contributed by atoms with Crippen molar-refractivity contribution in [3.05, 3.63) is 59.7 Å². The first-order valence-electron chi connectivity index (χ1n) is 7.36. The number of benzene rings is 2. The molecule has 2 N–H and O–H groups in total. The lowest BCUT2D eigenvalue weighted by Gasteiger charge is -2.20. The number of rotatable bonds is 3. The molecular weight excluding hydrogens is 310 g/mol. The first kappa shape index (κ1) is 15.5. The summed E-state index contributed by atoms with van der Waals surface area (Å²) in [5.41, 5.74) is 2.39. The molecule has 1 aliphatic heterocycles. The van der Waals surface area contributed by atoms with Crippen LogP contribution in [-0.2, 0) is 10.0 Å². The van der Waals surface area contributed by atoms with Crippen molar-refractivity contribution in [2.45, 2.75) is 17.2 Å². The molecule has 0 spiro atoms. The van der Waals surface area contributed by atoms with Gasteiger partial charge in [-0.25, -0.2) is 13.6 Å². The molecule has 2 aromatic rings. The Morgan fingerprint density at radius 3 is 2.57 bits per heavy atom. The fourth-order valence-electron chi connectivity index (χ4n) is 3.03. The van der Waals surface area contributed by atoms with Gasteiger partial charge >= 0.3 is 0 Å². The van der Waals surface area contributed by atoms with Crippen molar-refractivity contribution in [1.29, 1.82) is 5.26 Å². The lowest BCUT2D eigenvalue weighted by atomic mass is 9.99. The van der Waals surface area contributed by atoms with Crippen LogP contribution in [0.5, 0.6) is 0 Å². The van der Waals surface area contributed by atoms with Gasteiger partial charge in [-0.2, -0.15) is 5.26 Å². The topological polar surface area (TPSA) is 87.2 Å². The van der Waals surface area contributed by atoms with Crippen molar-refractivity contribution in [3.8, 4) is 6.07 Å². The highest BCUT2D eigenvalue weighted by Crippen LogP contribution is 2.33. The molecule has 0 amide bonds. The van der Waals surface area contributed by atoms with E-state index in [1.165, 1.54) is 17.7 Å². The second-order valence-corrected chi connectivity index (χ2v) is 7.24. The van der Waals surface area contributed by atoms with Gasteiger partial charge in [0.25, 0.3) is 0 Å². The fraction of sp³-hybridized carbons (Fsp3) is 0.235.